The minimum absolute atomic E-state index is 0.177. The lowest BCUT2D eigenvalue weighted by Gasteiger charge is -2.10. The Morgan fingerprint density at radius 2 is 1.46 bits per heavy atom. The van der Waals surface area contributed by atoms with E-state index in [2.05, 4.69) is 5.32 Å². The molecule has 7 heteroatoms. The first-order valence-electron chi connectivity index (χ1n) is 8.11. The topological polar surface area (TPSA) is 101 Å². The maximum absolute atomic E-state index is 12.3. The second-order valence-corrected chi connectivity index (χ2v) is 8.76. The van der Waals surface area contributed by atoms with Crippen molar-refractivity contribution in [3.63, 3.8) is 0 Å². The lowest BCUT2D eigenvalue weighted by Crippen LogP contribution is -2.15. The normalized spacial score (nSPS) is 12.6. The molecule has 0 saturated heterocycles. The van der Waals surface area contributed by atoms with E-state index in [1.54, 1.807) is 45.0 Å². The number of anilines is 1. The van der Waals surface area contributed by atoms with E-state index in [1.807, 2.05) is 0 Å². The van der Waals surface area contributed by atoms with E-state index in [0.717, 1.165) is 0 Å². The van der Waals surface area contributed by atoms with E-state index in [0.29, 0.717) is 16.8 Å². The van der Waals surface area contributed by atoms with E-state index in [-0.39, 0.29) is 10.8 Å². The summed E-state index contributed by atoms with van der Waals surface area (Å²) in [5.41, 5.74) is 1.49. The van der Waals surface area contributed by atoms with Crippen molar-refractivity contribution in [2.75, 3.05) is 5.32 Å². The Bertz CT molecular complexity index is 900. The Morgan fingerprint density at radius 3 is 1.92 bits per heavy atom. The molecule has 26 heavy (non-hydrogen) atoms. The number of hydrogen-bond acceptors (Lipinski definition) is 4. The van der Waals surface area contributed by atoms with Gasteiger partial charge in [-0.3, -0.25) is 9.59 Å². The zero-order valence-electron chi connectivity index (χ0n) is 14.8. The van der Waals surface area contributed by atoms with Gasteiger partial charge >= 0.3 is 5.97 Å². The predicted octanol–water partition coefficient (Wildman–Crippen LogP) is 3.31. The number of carbonyl (C=O) groups excluding carboxylic acids is 1. The first-order valence-corrected chi connectivity index (χ1v) is 9.65. The molecule has 0 fully saturated rings. The highest BCUT2D eigenvalue weighted by molar-refractivity contribution is 7.92. The zero-order valence-corrected chi connectivity index (χ0v) is 15.6. The monoisotopic (exact) mass is 375 g/mol. The van der Waals surface area contributed by atoms with Crippen LogP contribution in [0, 0.1) is 0 Å². The van der Waals surface area contributed by atoms with Gasteiger partial charge in [-0.15, -0.1) is 0 Å². The molecule has 0 aliphatic carbocycles. The standard InChI is InChI=1S/C19H21NO5S/c1-12(2)26(24,25)17-10-6-15(7-11-17)18(21)20-16-8-4-14(5-9-16)13(3)19(22)23/h4-13H,1-3H3,(H,20,21)(H,22,23). The van der Waals surface area contributed by atoms with Crippen LogP contribution in [0.25, 0.3) is 0 Å². The molecule has 6 nitrogen and oxygen atoms in total. The summed E-state index contributed by atoms with van der Waals surface area (Å²) in [5, 5.41) is 11.2. The molecule has 2 N–H and O–H groups in total. The minimum Gasteiger partial charge on any atom is -0.481 e. The summed E-state index contributed by atoms with van der Waals surface area (Å²) in [7, 11) is -3.38. The van der Waals surface area contributed by atoms with E-state index < -0.39 is 27.0 Å². The van der Waals surface area contributed by atoms with Crippen LogP contribution in [0.4, 0.5) is 5.69 Å². The molecule has 1 atom stereocenters. The van der Waals surface area contributed by atoms with Crippen LogP contribution < -0.4 is 5.32 Å². The highest BCUT2D eigenvalue weighted by atomic mass is 32.2. The van der Waals surface area contributed by atoms with Crippen LogP contribution in [0.2, 0.25) is 0 Å². The first kappa shape index (κ1) is 19.7. The lowest BCUT2D eigenvalue weighted by molar-refractivity contribution is -0.138. The molecule has 0 aliphatic rings. The molecule has 0 aliphatic heterocycles. The van der Waals surface area contributed by atoms with Crippen LogP contribution in [-0.4, -0.2) is 30.7 Å². The van der Waals surface area contributed by atoms with Crippen molar-refractivity contribution in [2.45, 2.75) is 36.8 Å². The number of aliphatic carboxylic acids is 1. The zero-order chi connectivity index (χ0) is 19.5. The molecule has 0 spiro atoms. The van der Waals surface area contributed by atoms with E-state index in [9.17, 15) is 18.0 Å². The number of carbonyl (C=O) groups is 2. The lowest BCUT2D eigenvalue weighted by atomic mass is 10.0. The fourth-order valence-corrected chi connectivity index (χ4v) is 3.33. The summed E-state index contributed by atoms with van der Waals surface area (Å²) in [4.78, 5) is 23.4. The smallest absolute Gasteiger partial charge is 0.310 e. The van der Waals surface area contributed by atoms with Crippen LogP contribution in [0.15, 0.2) is 53.4 Å². The van der Waals surface area contributed by atoms with E-state index in [4.69, 9.17) is 5.11 Å². The van der Waals surface area contributed by atoms with Crippen molar-refractivity contribution >= 4 is 27.4 Å². The summed E-state index contributed by atoms with van der Waals surface area (Å²) in [6, 6.07) is 12.3. The summed E-state index contributed by atoms with van der Waals surface area (Å²) >= 11 is 0. The molecule has 0 aromatic heterocycles. The average molecular weight is 375 g/mol. The van der Waals surface area contributed by atoms with Crippen molar-refractivity contribution in [3.8, 4) is 0 Å². The van der Waals surface area contributed by atoms with Gasteiger partial charge in [-0.05, 0) is 62.7 Å². The van der Waals surface area contributed by atoms with Gasteiger partial charge in [0.15, 0.2) is 9.84 Å². The molecular formula is C19H21NO5S. The fourth-order valence-electron chi connectivity index (χ4n) is 2.27. The number of nitrogens with one attached hydrogen (secondary N) is 1. The Kier molecular flexibility index (Phi) is 5.82. The third-order valence-electron chi connectivity index (χ3n) is 4.10. The van der Waals surface area contributed by atoms with Gasteiger partial charge in [-0.1, -0.05) is 12.1 Å². The van der Waals surface area contributed by atoms with Gasteiger partial charge < -0.3 is 10.4 Å². The number of hydrogen-bond donors (Lipinski definition) is 2. The molecule has 1 amide bonds. The van der Waals surface area contributed by atoms with E-state index in [1.165, 1.54) is 24.3 Å². The second-order valence-electron chi connectivity index (χ2n) is 6.25. The number of amides is 1. The van der Waals surface area contributed by atoms with Crippen LogP contribution in [0.5, 0.6) is 0 Å². The Morgan fingerprint density at radius 1 is 0.923 bits per heavy atom. The molecule has 2 rings (SSSR count). The summed E-state index contributed by atoms with van der Waals surface area (Å²) in [6.45, 7) is 4.79. The van der Waals surface area contributed by atoms with Gasteiger partial charge in [-0.2, -0.15) is 0 Å². The molecular weight excluding hydrogens is 354 g/mol. The molecule has 138 valence electrons. The fraction of sp³-hybridized carbons (Fsp3) is 0.263. The van der Waals surface area contributed by atoms with Gasteiger partial charge in [0, 0.05) is 11.3 Å². The highest BCUT2D eigenvalue weighted by Gasteiger charge is 2.19. The minimum atomic E-state index is -3.38. The number of benzene rings is 2. The molecule has 0 bridgehead atoms. The van der Waals surface area contributed by atoms with Crippen LogP contribution in [0.3, 0.4) is 0 Å². The molecule has 0 radical (unpaired) electrons. The van der Waals surface area contributed by atoms with Gasteiger partial charge in [0.2, 0.25) is 0 Å². The molecule has 1 unspecified atom stereocenters. The summed E-state index contributed by atoms with van der Waals surface area (Å²) in [5.74, 6) is -1.93. The van der Waals surface area contributed by atoms with Gasteiger partial charge in [0.05, 0.1) is 16.1 Å². The molecule has 0 saturated carbocycles. The van der Waals surface area contributed by atoms with Crippen molar-refractivity contribution in [3.05, 3.63) is 59.7 Å². The van der Waals surface area contributed by atoms with Crippen molar-refractivity contribution in [1.82, 2.24) is 0 Å². The van der Waals surface area contributed by atoms with Gasteiger partial charge in [0.1, 0.15) is 0 Å². The van der Waals surface area contributed by atoms with Crippen molar-refractivity contribution < 1.29 is 23.1 Å². The molecule has 0 heterocycles. The maximum Gasteiger partial charge on any atom is 0.310 e. The Hall–Kier alpha value is -2.67. The van der Waals surface area contributed by atoms with Crippen molar-refractivity contribution in [1.29, 1.82) is 0 Å². The van der Waals surface area contributed by atoms with Crippen LogP contribution >= 0.6 is 0 Å². The highest BCUT2D eigenvalue weighted by Crippen LogP contribution is 2.20. The average Bonchev–Trinajstić information content (AvgIpc) is 2.61. The second kappa shape index (κ2) is 7.70. The number of rotatable bonds is 6. The summed E-state index contributed by atoms with van der Waals surface area (Å²) < 4.78 is 24.2. The van der Waals surface area contributed by atoms with Gasteiger partial charge in [0.25, 0.3) is 5.91 Å². The first-order chi connectivity index (χ1) is 12.1. The van der Waals surface area contributed by atoms with Crippen LogP contribution in [0.1, 0.15) is 42.6 Å². The third kappa shape index (κ3) is 4.29. The predicted molar refractivity (Wildman–Crippen MR) is 99.2 cm³/mol. The Labute approximate surface area is 152 Å². The number of carboxylic acid groups (broad SMARTS) is 1. The third-order valence-corrected chi connectivity index (χ3v) is 6.28. The molecule has 2 aromatic rings. The van der Waals surface area contributed by atoms with Gasteiger partial charge in [-0.25, -0.2) is 8.42 Å². The molecule has 2 aromatic carbocycles. The maximum atomic E-state index is 12.3. The van der Waals surface area contributed by atoms with E-state index >= 15 is 0 Å². The largest absolute Gasteiger partial charge is 0.481 e. The quantitative estimate of drug-likeness (QED) is 0.807. The van der Waals surface area contributed by atoms with Crippen LogP contribution in [-0.2, 0) is 14.6 Å². The number of carboxylic acids is 1. The Balaban J connectivity index is 2.12. The summed E-state index contributed by atoms with van der Waals surface area (Å²) in [6.07, 6.45) is 0. The number of sulfone groups is 1. The SMILES string of the molecule is CC(C(=O)O)c1ccc(NC(=O)c2ccc(S(=O)(=O)C(C)C)cc2)cc1. The van der Waals surface area contributed by atoms with Crippen molar-refractivity contribution in [2.24, 2.45) is 0 Å².